The van der Waals surface area contributed by atoms with E-state index in [9.17, 15) is 14.9 Å². The molecule has 1 aromatic heterocycles. The van der Waals surface area contributed by atoms with Crippen LogP contribution in [-0.4, -0.2) is 21.0 Å². The van der Waals surface area contributed by atoms with Gasteiger partial charge in [0.1, 0.15) is 0 Å². The highest BCUT2D eigenvalue weighted by Gasteiger charge is 2.19. The number of hydrogen-bond donors (Lipinski definition) is 2. The zero-order valence-corrected chi connectivity index (χ0v) is 11.5. The molecule has 1 aromatic carbocycles. The van der Waals surface area contributed by atoms with E-state index in [4.69, 9.17) is 5.11 Å². The number of aromatic nitrogens is 1. The number of nitro groups is 1. The van der Waals surface area contributed by atoms with Crippen LogP contribution in [0.2, 0.25) is 0 Å². The first-order valence-corrected chi connectivity index (χ1v) is 6.48. The molecule has 104 valence electrons. The summed E-state index contributed by atoms with van der Waals surface area (Å²) in [5, 5.41) is 25.3. The number of carboxylic acids is 1. The SMILES string of the molecule is Cc1csc(Nc2cc(C(=O)O)cc([N+](=O)[O-])c2C)n1. The molecule has 20 heavy (non-hydrogen) atoms. The molecule has 0 unspecified atom stereocenters. The van der Waals surface area contributed by atoms with Crippen LogP contribution in [0.25, 0.3) is 0 Å². The second-order valence-electron chi connectivity index (χ2n) is 4.15. The lowest BCUT2D eigenvalue weighted by molar-refractivity contribution is -0.385. The van der Waals surface area contributed by atoms with Gasteiger partial charge in [-0.1, -0.05) is 0 Å². The minimum Gasteiger partial charge on any atom is -0.478 e. The summed E-state index contributed by atoms with van der Waals surface area (Å²) in [6.45, 7) is 3.39. The molecule has 2 aromatic rings. The number of rotatable bonds is 4. The Morgan fingerprint density at radius 3 is 2.65 bits per heavy atom. The van der Waals surface area contributed by atoms with Gasteiger partial charge >= 0.3 is 5.97 Å². The molecule has 2 N–H and O–H groups in total. The topological polar surface area (TPSA) is 105 Å². The lowest BCUT2D eigenvalue weighted by Crippen LogP contribution is -2.03. The Labute approximate surface area is 118 Å². The smallest absolute Gasteiger partial charge is 0.336 e. The van der Waals surface area contributed by atoms with Crippen molar-refractivity contribution >= 4 is 33.8 Å². The lowest BCUT2D eigenvalue weighted by atomic mass is 10.1. The number of hydrogen-bond acceptors (Lipinski definition) is 6. The monoisotopic (exact) mass is 293 g/mol. The second kappa shape index (κ2) is 5.25. The summed E-state index contributed by atoms with van der Waals surface area (Å²) in [4.78, 5) is 25.6. The Morgan fingerprint density at radius 2 is 2.15 bits per heavy atom. The molecule has 0 atom stereocenters. The molecule has 7 nitrogen and oxygen atoms in total. The summed E-state index contributed by atoms with van der Waals surface area (Å²) < 4.78 is 0. The number of nitrogens with zero attached hydrogens (tertiary/aromatic N) is 2. The first-order chi connectivity index (χ1) is 9.38. The van der Waals surface area contributed by atoms with E-state index in [0.29, 0.717) is 16.4 Å². The number of carbonyl (C=O) groups is 1. The largest absolute Gasteiger partial charge is 0.478 e. The first kappa shape index (κ1) is 13.9. The first-order valence-electron chi connectivity index (χ1n) is 5.60. The number of aromatic carboxylic acids is 1. The van der Waals surface area contributed by atoms with Crippen LogP contribution in [-0.2, 0) is 0 Å². The summed E-state index contributed by atoms with van der Waals surface area (Å²) in [7, 11) is 0. The normalized spacial score (nSPS) is 10.3. The molecule has 0 aliphatic carbocycles. The molecule has 0 radical (unpaired) electrons. The fraction of sp³-hybridized carbons (Fsp3) is 0.167. The third-order valence-corrected chi connectivity index (χ3v) is 3.56. The zero-order chi connectivity index (χ0) is 14.9. The fourth-order valence-electron chi connectivity index (χ4n) is 1.67. The molecular weight excluding hydrogens is 282 g/mol. The molecule has 0 fully saturated rings. The van der Waals surface area contributed by atoms with Crippen molar-refractivity contribution in [1.82, 2.24) is 4.98 Å². The Kier molecular flexibility index (Phi) is 3.66. The van der Waals surface area contributed by atoms with Gasteiger partial charge in [0, 0.05) is 11.4 Å². The number of carboxylic acid groups (broad SMARTS) is 1. The third-order valence-electron chi connectivity index (χ3n) is 2.68. The summed E-state index contributed by atoms with van der Waals surface area (Å²) >= 11 is 1.34. The van der Waals surface area contributed by atoms with Crippen molar-refractivity contribution in [2.24, 2.45) is 0 Å². The molecule has 0 saturated heterocycles. The highest BCUT2D eigenvalue weighted by Crippen LogP contribution is 2.31. The van der Waals surface area contributed by atoms with Crippen LogP contribution in [0.4, 0.5) is 16.5 Å². The van der Waals surface area contributed by atoms with Crippen LogP contribution in [0.3, 0.4) is 0 Å². The predicted molar refractivity (Wildman–Crippen MR) is 74.9 cm³/mol. The van der Waals surface area contributed by atoms with Crippen molar-refractivity contribution in [2.75, 3.05) is 5.32 Å². The molecule has 1 heterocycles. The Bertz CT molecular complexity index is 696. The van der Waals surface area contributed by atoms with E-state index in [1.807, 2.05) is 12.3 Å². The highest BCUT2D eigenvalue weighted by atomic mass is 32.1. The highest BCUT2D eigenvalue weighted by molar-refractivity contribution is 7.13. The summed E-state index contributed by atoms with van der Waals surface area (Å²) in [6.07, 6.45) is 0. The van der Waals surface area contributed by atoms with Gasteiger partial charge in [-0.3, -0.25) is 10.1 Å². The maximum Gasteiger partial charge on any atom is 0.336 e. The van der Waals surface area contributed by atoms with Gasteiger partial charge in [-0.2, -0.15) is 0 Å². The van der Waals surface area contributed by atoms with Crippen LogP contribution in [0.15, 0.2) is 17.5 Å². The van der Waals surface area contributed by atoms with Gasteiger partial charge in [-0.25, -0.2) is 9.78 Å². The molecule has 0 aliphatic rings. The summed E-state index contributed by atoms with van der Waals surface area (Å²) in [5.41, 5.74) is 1.18. The molecule has 0 aliphatic heterocycles. The van der Waals surface area contributed by atoms with Gasteiger partial charge in [0.25, 0.3) is 5.69 Å². The Balaban J connectivity index is 2.50. The number of benzene rings is 1. The van der Waals surface area contributed by atoms with Crippen molar-refractivity contribution in [3.63, 3.8) is 0 Å². The molecule has 0 amide bonds. The maximum absolute atomic E-state index is 11.0. The molecule has 0 saturated carbocycles. The summed E-state index contributed by atoms with van der Waals surface area (Å²) in [6, 6.07) is 2.41. The molecule has 2 rings (SSSR count). The zero-order valence-electron chi connectivity index (χ0n) is 10.7. The minimum absolute atomic E-state index is 0.141. The van der Waals surface area contributed by atoms with Crippen molar-refractivity contribution in [1.29, 1.82) is 0 Å². The van der Waals surface area contributed by atoms with E-state index >= 15 is 0 Å². The van der Waals surface area contributed by atoms with Crippen molar-refractivity contribution in [2.45, 2.75) is 13.8 Å². The third kappa shape index (κ3) is 2.75. The van der Waals surface area contributed by atoms with Gasteiger partial charge in [-0.15, -0.1) is 11.3 Å². The van der Waals surface area contributed by atoms with E-state index in [1.165, 1.54) is 17.4 Å². The standard InChI is InChI=1S/C12H11N3O4S/c1-6-5-20-12(13-6)14-9-3-8(11(16)17)4-10(7(9)2)15(18)19/h3-5H,1-2H3,(H,13,14)(H,16,17). The number of anilines is 2. The van der Waals surface area contributed by atoms with Crippen LogP contribution < -0.4 is 5.32 Å². The average molecular weight is 293 g/mol. The predicted octanol–water partition coefficient (Wildman–Crippen LogP) is 3.11. The van der Waals surface area contributed by atoms with Crippen LogP contribution in [0.1, 0.15) is 21.6 Å². The van der Waals surface area contributed by atoms with E-state index in [2.05, 4.69) is 10.3 Å². The number of aryl methyl sites for hydroxylation is 1. The van der Waals surface area contributed by atoms with Gasteiger partial charge in [0.05, 0.1) is 27.4 Å². The van der Waals surface area contributed by atoms with Gasteiger partial charge in [0.2, 0.25) is 0 Å². The number of nitrogens with one attached hydrogen (secondary N) is 1. The molecular formula is C12H11N3O4S. The Hall–Kier alpha value is -2.48. The maximum atomic E-state index is 11.0. The van der Waals surface area contributed by atoms with E-state index in [1.54, 1.807) is 6.92 Å². The fourth-order valence-corrected chi connectivity index (χ4v) is 2.37. The van der Waals surface area contributed by atoms with Crippen molar-refractivity contribution in [3.05, 3.63) is 44.4 Å². The molecule has 0 spiro atoms. The second-order valence-corrected chi connectivity index (χ2v) is 5.01. The Morgan fingerprint density at radius 1 is 1.45 bits per heavy atom. The number of thiazole rings is 1. The summed E-state index contributed by atoms with van der Waals surface area (Å²) in [5.74, 6) is -1.22. The lowest BCUT2D eigenvalue weighted by Gasteiger charge is -2.08. The van der Waals surface area contributed by atoms with E-state index in [-0.39, 0.29) is 11.3 Å². The van der Waals surface area contributed by atoms with E-state index in [0.717, 1.165) is 11.8 Å². The van der Waals surface area contributed by atoms with Crippen LogP contribution in [0, 0.1) is 24.0 Å². The van der Waals surface area contributed by atoms with Crippen molar-refractivity contribution < 1.29 is 14.8 Å². The molecule has 8 heteroatoms. The van der Waals surface area contributed by atoms with Crippen molar-refractivity contribution in [3.8, 4) is 0 Å². The number of nitro benzene ring substituents is 1. The quantitative estimate of drug-likeness (QED) is 0.662. The van der Waals surface area contributed by atoms with Gasteiger partial charge in [-0.05, 0) is 19.9 Å². The van der Waals surface area contributed by atoms with Crippen LogP contribution >= 0.6 is 11.3 Å². The van der Waals surface area contributed by atoms with Gasteiger partial charge in [0.15, 0.2) is 5.13 Å². The van der Waals surface area contributed by atoms with Crippen LogP contribution in [0.5, 0.6) is 0 Å². The average Bonchev–Trinajstić information content (AvgIpc) is 2.76. The van der Waals surface area contributed by atoms with E-state index < -0.39 is 10.9 Å². The van der Waals surface area contributed by atoms with Gasteiger partial charge < -0.3 is 10.4 Å². The minimum atomic E-state index is -1.22. The molecule has 0 bridgehead atoms.